The molecule has 0 spiro atoms. The predicted octanol–water partition coefficient (Wildman–Crippen LogP) is 4.02. The number of primary amides is 1. The van der Waals surface area contributed by atoms with E-state index in [0.717, 1.165) is 16.9 Å². The molecular formula is C20H25N3O3S2. The number of carbonyl (C=O) groups excluding carboxylic acids is 2. The number of aryl methyl sites for hydroxylation is 1. The first-order valence-electron chi connectivity index (χ1n) is 9.07. The Labute approximate surface area is 174 Å². The number of benzene rings is 1. The fraction of sp³-hybridized carbons (Fsp3) is 0.350. The van der Waals surface area contributed by atoms with Gasteiger partial charge in [0.25, 0.3) is 11.8 Å². The molecule has 2 amide bonds. The first-order chi connectivity index (χ1) is 13.3. The average molecular weight is 420 g/mol. The minimum atomic E-state index is -0.519. The van der Waals surface area contributed by atoms with Crippen molar-refractivity contribution in [2.45, 2.75) is 46.6 Å². The van der Waals surface area contributed by atoms with E-state index in [2.05, 4.69) is 10.6 Å². The molecule has 8 heteroatoms. The third kappa shape index (κ3) is 5.30. The Morgan fingerprint density at radius 2 is 1.89 bits per heavy atom. The number of ether oxygens (including phenoxy) is 1. The van der Waals surface area contributed by atoms with E-state index >= 15 is 0 Å². The van der Waals surface area contributed by atoms with Crippen LogP contribution in [0.1, 0.15) is 58.3 Å². The van der Waals surface area contributed by atoms with Crippen LogP contribution in [-0.2, 0) is 6.42 Å². The van der Waals surface area contributed by atoms with Crippen molar-refractivity contribution >= 4 is 45.5 Å². The standard InChI is InChI=1S/C20H25N3O3S2/c1-5-11(3)26-14-9-7-13(8-10-14)18(25)22-20(27)23-19-16(17(21)24)15(6-2)12(4)28-19/h7-11H,5-6H2,1-4H3,(H2,21,24)(H2,22,23,25,27). The number of thiophene rings is 1. The number of nitrogens with two attached hydrogens (primary N) is 1. The van der Waals surface area contributed by atoms with E-state index in [9.17, 15) is 9.59 Å². The number of rotatable bonds is 7. The molecule has 6 nitrogen and oxygen atoms in total. The number of anilines is 1. The summed E-state index contributed by atoms with van der Waals surface area (Å²) in [4.78, 5) is 25.2. The normalized spacial score (nSPS) is 11.6. The van der Waals surface area contributed by atoms with Gasteiger partial charge in [0.2, 0.25) is 0 Å². The number of thiocarbonyl (C=S) groups is 1. The summed E-state index contributed by atoms with van der Waals surface area (Å²) in [6.07, 6.45) is 1.70. The molecule has 0 aliphatic heterocycles. The van der Waals surface area contributed by atoms with Crippen LogP contribution in [0.4, 0.5) is 5.00 Å². The fourth-order valence-electron chi connectivity index (χ4n) is 2.66. The largest absolute Gasteiger partial charge is 0.491 e. The van der Waals surface area contributed by atoms with Gasteiger partial charge in [-0.05, 0) is 68.7 Å². The second-order valence-corrected chi connectivity index (χ2v) is 7.96. The van der Waals surface area contributed by atoms with Crippen LogP contribution in [0.3, 0.4) is 0 Å². The molecule has 0 fully saturated rings. The highest BCUT2D eigenvalue weighted by Crippen LogP contribution is 2.33. The summed E-state index contributed by atoms with van der Waals surface area (Å²) in [6, 6.07) is 6.85. The van der Waals surface area contributed by atoms with Gasteiger partial charge in [-0.3, -0.25) is 14.9 Å². The molecule has 4 N–H and O–H groups in total. The highest BCUT2D eigenvalue weighted by molar-refractivity contribution is 7.80. The van der Waals surface area contributed by atoms with E-state index in [-0.39, 0.29) is 17.1 Å². The molecule has 1 heterocycles. The third-order valence-electron chi connectivity index (χ3n) is 4.29. The molecule has 0 saturated carbocycles. The maximum Gasteiger partial charge on any atom is 0.257 e. The van der Waals surface area contributed by atoms with Crippen LogP contribution in [0.15, 0.2) is 24.3 Å². The molecular weight excluding hydrogens is 394 g/mol. The molecule has 28 heavy (non-hydrogen) atoms. The summed E-state index contributed by atoms with van der Waals surface area (Å²) >= 11 is 6.62. The van der Waals surface area contributed by atoms with E-state index in [1.165, 1.54) is 11.3 Å². The molecule has 1 unspecified atom stereocenters. The van der Waals surface area contributed by atoms with Crippen molar-refractivity contribution in [3.05, 3.63) is 45.8 Å². The van der Waals surface area contributed by atoms with Gasteiger partial charge in [-0.25, -0.2) is 0 Å². The lowest BCUT2D eigenvalue weighted by Crippen LogP contribution is -2.34. The van der Waals surface area contributed by atoms with Gasteiger partial charge in [0, 0.05) is 10.4 Å². The molecule has 0 bridgehead atoms. The lowest BCUT2D eigenvalue weighted by atomic mass is 10.1. The van der Waals surface area contributed by atoms with Gasteiger partial charge in [-0.1, -0.05) is 13.8 Å². The zero-order valence-electron chi connectivity index (χ0n) is 16.4. The predicted molar refractivity (Wildman–Crippen MR) is 117 cm³/mol. The van der Waals surface area contributed by atoms with Crippen LogP contribution in [0.25, 0.3) is 0 Å². The summed E-state index contributed by atoms with van der Waals surface area (Å²) in [5.41, 5.74) is 7.29. The minimum absolute atomic E-state index is 0.108. The van der Waals surface area contributed by atoms with Crippen LogP contribution in [0.2, 0.25) is 0 Å². The SMILES string of the molecule is CCc1c(C)sc(NC(=S)NC(=O)c2ccc(OC(C)CC)cc2)c1C(N)=O. The average Bonchev–Trinajstić information content (AvgIpc) is 2.96. The van der Waals surface area contributed by atoms with E-state index < -0.39 is 5.91 Å². The number of hydrogen-bond donors (Lipinski definition) is 3. The molecule has 2 rings (SSSR count). The summed E-state index contributed by atoms with van der Waals surface area (Å²) in [5, 5.41) is 6.20. The van der Waals surface area contributed by atoms with Crippen LogP contribution >= 0.6 is 23.6 Å². The van der Waals surface area contributed by atoms with Crippen LogP contribution in [0.5, 0.6) is 5.75 Å². The minimum Gasteiger partial charge on any atom is -0.491 e. The van der Waals surface area contributed by atoms with Gasteiger partial charge in [-0.15, -0.1) is 11.3 Å². The monoisotopic (exact) mass is 419 g/mol. The van der Waals surface area contributed by atoms with Gasteiger partial charge >= 0.3 is 0 Å². The third-order valence-corrected chi connectivity index (χ3v) is 5.56. The summed E-state index contributed by atoms with van der Waals surface area (Å²) in [7, 11) is 0. The topological polar surface area (TPSA) is 93.4 Å². The molecule has 2 aromatic rings. The van der Waals surface area contributed by atoms with Crippen molar-refractivity contribution in [3.63, 3.8) is 0 Å². The summed E-state index contributed by atoms with van der Waals surface area (Å²) in [5.74, 6) is -0.161. The Hall–Kier alpha value is -2.45. The number of carbonyl (C=O) groups is 2. The fourth-order valence-corrected chi connectivity index (χ4v) is 4.08. The van der Waals surface area contributed by atoms with E-state index in [1.54, 1.807) is 24.3 Å². The number of hydrogen-bond acceptors (Lipinski definition) is 5. The van der Waals surface area contributed by atoms with Gasteiger partial charge in [0.05, 0.1) is 11.7 Å². The van der Waals surface area contributed by atoms with Crippen molar-refractivity contribution in [1.82, 2.24) is 5.32 Å². The Kier molecular flexibility index (Phi) is 7.53. The molecule has 1 atom stereocenters. The van der Waals surface area contributed by atoms with Crippen LogP contribution in [0, 0.1) is 6.92 Å². The van der Waals surface area contributed by atoms with Crippen molar-refractivity contribution in [3.8, 4) is 5.75 Å². The van der Waals surface area contributed by atoms with Gasteiger partial charge in [0.1, 0.15) is 10.8 Å². The first-order valence-corrected chi connectivity index (χ1v) is 10.3. The maximum absolute atomic E-state index is 12.4. The van der Waals surface area contributed by atoms with Crippen molar-refractivity contribution in [2.75, 3.05) is 5.32 Å². The second-order valence-electron chi connectivity index (χ2n) is 6.33. The molecule has 0 radical (unpaired) electrons. The molecule has 0 saturated heterocycles. The lowest BCUT2D eigenvalue weighted by molar-refractivity contribution is 0.0975. The van der Waals surface area contributed by atoms with Gasteiger partial charge in [0.15, 0.2) is 5.11 Å². The first kappa shape index (κ1) is 21.8. The number of amides is 2. The second kappa shape index (κ2) is 9.66. The maximum atomic E-state index is 12.4. The Morgan fingerprint density at radius 3 is 2.43 bits per heavy atom. The Morgan fingerprint density at radius 1 is 1.25 bits per heavy atom. The Balaban J connectivity index is 2.05. The lowest BCUT2D eigenvalue weighted by Gasteiger charge is -2.13. The van der Waals surface area contributed by atoms with E-state index in [1.807, 2.05) is 27.7 Å². The highest BCUT2D eigenvalue weighted by atomic mass is 32.1. The van der Waals surface area contributed by atoms with Crippen molar-refractivity contribution in [2.24, 2.45) is 5.73 Å². The Bertz CT molecular complexity index is 876. The van der Waals surface area contributed by atoms with Crippen LogP contribution < -0.4 is 21.1 Å². The molecule has 0 aliphatic rings. The zero-order valence-corrected chi connectivity index (χ0v) is 18.1. The summed E-state index contributed by atoms with van der Waals surface area (Å²) in [6.45, 7) is 7.91. The van der Waals surface area contributed by atoms with Crippen molar-refractivity contribution in [1.29, 1.82) is 0 Å². The molecule has 150 valence electrons. The van der Waals surface area contributed by atoms with Gasteiger partial charge in [-0.2, -0.15) is 0 Å². The summed E-state index contributed by atoms with van der Waals surface area (Å²) < 4.78 is 5.71. The zero-order chi connectivity index (χ0) is 20.8. The smallest absolute Gasteiger partial charge is 0.257 e. The molecule has 0 aliphatic carbocycles. The van der Waals surface area contributed by atoms with E-state index in [0.29, 0.717) is 28.3 Å². The quantitative estimate of drug-likeness (QED) is 0.589. The van der Waals surface area contributed by atoms with Gasteiger partial charge < -0.3 is 15.8 Å². The van der Waals surface area contributed by atoms with E-state index in [4.69, 9.17) is 22.7 Å². The van der Waals surface area contributed by atoms with Crippen molar-refractivity contribution < 1.29 is 14.3 Å². The van der Waals surface area contributed by atoms with Crippen LogP contribution in [-0.4, -0.2) is 23.0 Å². The number of nitrogens with one attached hydrogen (secondary N) is 2. The highest BCUT2D eigenvalue weighted by Gasteiger charge is 2.20. The molecule has 1 aromatic heterocycles. The molecule has 1 aromatic carbocycles.